The van der Waals surface area contributed by atoms with Crippen LogP contribution in [0.25, 0.3) is 0 Å². The molecule has 0 aromatic carbocycles. The number of ether oxygens (including phenoxy) is 1. The molecule has 4 heteroatoms. The van der Waals surface area contributed by atoms with Crippen molar-refractivity contribution in [1.82, 2.24) is 0 Å². The summed E-state index contributed by atoms with van der Waals surface area (Å²) in [5, 5.41) is 0. The predicted octanol–water partition coefficient (Wildman–Crippen LogP) is 2.14. The Kier molecular flexibility index (Phi) is 2.11. The van der Waals surface area contributed by atoms with E-state index in [9.17, 15) is 13.2 Å². The molecule has 0 saturated carbocycles. The van der Waals surface area contributed by atoms with E-state index in [1.807, 2.05) is 0 Å². The van der Waals surface area contributed by atoms with E-state index in [0.29, 0.717) is 0 Å². The zero-order chi connectivity index (χ0) is 7.71. The number of hydrogen-bond acceptors (Lipinski definition) is 1. The van der Waals surface area contributed by atoms with Crippen molar-refractivity contribution in [2.24, 2.45) is 0 Å². The topological polar surface area (TPSA) is 9.23 Å². The first-order valence-electron chi connectivity index (χ1n) is 2.31. The Morgan fingerprint density at radius 3 is 1.56 bits per heavy atom. The van der Waals surface area contributed by atoms with E-state index in [0.717, 1.165) is 13.8 Å². The lowest BCUT2D eigenvalue weighted by Gasteiger charge is -2.25. The molecule has 0 aliphatic rings. The lowest BCUT2D eigenvalue weighted by atomic mass is 10.1. The van der Waals surface area contributed by atoms with Crippen LogP contribution in [0.4, 0.5) is 13.2 Å². The van der Waals surface area contributed by atoms with Gasteiger partial charge < -0.3 is 4.74 Å². The molecule has 0 aliphatic carbocycles. The first-order chi connectivity index (χ1) is 3.81. The second-order valence-electron chi connectivity index (χ2n) is 2.15. The van der Waals surface area contributed by atoms with E-state index in [4.69, 9.17) is 0 Å². The standard InChI is InChI=1S/C5H8F3O/c1-4(2,9-3)5(6,7)8/h3H2,1-2H3. The number of hydrogen-bond donors (Lipinski definition) is 0. The molecule has 55 valence electrons. The highest BCUT2D eigenvalue weighted by Crippen LogP contribution is 2.32. The van der Waals surface area contributed by atoms with Crippen molar-refractivity contribution in [3.05, 3.63) is 7.11 Å². The molecule has 0 atom stereocenters. The average molecular weight is 141 g/mol. The normalized spacial score (nSPS) is 14.0. The van der Waals surface area contributed by atoms with Crippen LogP contribution in [0.15, 0.2) is 0 Å². The summed E-state index contributed by atoms with van der Waals surface area (Å²) >= 11 is 0. The summed E-state index contributed by atoms with van der Waals surface area (Å²) < 4.78 is 38.9. The summed E-state index contributed by atoms with van der Waals surface area (Å²) in [6.45, 7) is 1.83. The van der Waals surface area contributed by atoms with Crippen LogP contribution >= 0.6 is 0 Å². The summed E-state index contributed by atoms with van der Waals surface area (Å²) in [7, 11) is 2.70. The number of alkyl halides is 3. The largest absolute Gasteiger partial charge is 0.416 e. The molecule has 0 rings (SSSR count). The van der Waals surface area contributed by atoms with Crippen molar-refractivity contribution >= 4 is 0 Å². The summed E-state index contributed by atoms with van der Waals surface area (Å²) in [5.74, 6) is 0. The van der Waals surface area contributed by atoms with Gasteiger partial charge in [-0.2, -0.15) is 13.2 Å². The average Bonchev–Trinajstić information content (AvgIpc) is 1.64. The molecule has 0 unspecified atom stereocenters. The van der Waals surface area contributed by atoms with Crippen molar-refractivity contribution < 1.29 is 17.9 Å². The molecule has 0 saturated heterocycles. The second-order valence-corrected chi connectivity index (χ2v) is 2.15. The Morgan fingerprint density at radius 2 is 1.56 bits per heavy atom. The molecule has 0 spiro atoms. The Balaban J connectivity index is 4.14. The van der Waals surface area contributed by atoms with Gasteiger partial charge in [-0.3, -0.25) is 0 Å². The second kappa shape index (κ2) is 2.17. The van der Waals surface area contributed by atoms with E-state index >= 15 is 0 Å². The van der Waals surface area contributed by atoms with Crippen molar-refractivity contribution in [2.45, 2.75) is 25.6 Å². The lowest BCUT2D eigenvalue weighted by molar-refractivity contribution is -0.248. The molecule has 0 amide bonds. The third-order valence-electron chi connectivity index (χ3n) is 1.04. The van der Waals surface area contributed by atoms with Crippen LogP contribution in [0.1, 0.15) is 13.8 Å². The van der Waals surface area contributed by atoms with Crippen LogP contribution in [-0.4, -0.2) is 11.8 Å². The molecular formula is C5H8F3O. The van der Waals surface area contributed by atoms with Gasteiger partial charge in [0.1, 0.15) is 0 Å². The first-order valence-corrected chi connectivity index (χ1v) is 2.31. The van der Waals surface area contributed by atoms with Crippen LogP contribution in [0.3, 0.4) is 0 Å². The van der Waals surface area contributed by atoms with Crippen LogP contribution in [0.2, 0.25) is 0 Å². The summed E-state index contributed by atoms with van der Waals surface area (Å²) in [6, 6.07) is 0. The quantitative estimate of drug-likeness (QED) is 0.543. The minimum atomic E-state index is -4.34. The van der Waals surface area contributed by atoms with E-state index in [-0.39, 0.29) is 0 Å². The highest BCUT2D eigenvalue weighted by Gasteiger charge is 2.47. The highest BCUT2D eigenvalue weighted by molar-refractivity contribution is 4.77. The molecule has 0 N–H and O–H groups in total. The first kappa shape index (κ1) is 8.75. The number of rotatable bonds is 1. The van der Waals surface area contributed by atoms with Gasteiger partial charge in [-0.1, -0.05) is 0 Å². The maximum Gasteiger partial charge on any atom is 0.416 e. The maximum absolute atomic E-state index is 11.7. The van der Waals surface area contributed by atoms with Crippen LogP contribution in [0, 0.1) is 7.11 Å². The molecule has 0 heterocycles. The van der Waals surface area contributed by atoms with Gasteiger partial charge in [-0.25, -0.2) is 0 Å². The fourth-order valence-electron chi connectivity index (χ4n) is 0.0818. The van der Waals surface area contributed by atoms with Gasteiger partial charge in [-0.15, -0.1) is 0 Å². The summed E-state index contributed by atoms with van der Waals surface area (Å²) in [5.41, 5.74) is -2.13. The summed E-state index contributed by atoms with van der Waals surface area (Å²) in [6.07, 6.45) is -4.34. The monoisotopic (exact) mass is 141 g/mol. The highest BCUT2D eigenvalue weighted by atomic mass is 19.4. The molecule has 1 radical (unpaired) electrons. The Bertz CT molecular complexity index is 94.9. The number of halogens is 3. The maximum atomic E-state index is 11.7. The molecular weight excluding hydrogens is 133 g/mol. The smallest absolute Gasteiger partial charge is 0.364 e. The fourth-order valence-corrected chi connectivity index (χ4v) is 0.0818. The zero-order valence-corrected chi connectivity index (χ0v) is 5.25. The third kappa shape index (κ3) is 1.86. The molecule has 0 bridgehead atoms. The van der Waals surface area contributed by atoms with Gasteiger partial charge in [0.2, 0.25) is 0 Å². The van der Waals surface area contributed by atoms with Gasteiger partial charge >= 0.3 is 6.18 Å². The fraction of sp³-hybridized carbons (Fsp3) is 0.800. The van der Waals surface area contributed by atoms with Crippen LogP contribution < -0.4 is 0 Å². The van der Waals surface area contributed by atoms with Gasteiger partial charge in [0.05, 0.1) is 7.11 Å². The van der Waals surface area contributed by atoms with Crippen molar-refractivity contribution in [1.29, 1.82) is 0 Å². The summed E-state index contributed by atoms with van der Waals surface area (Å²) in [4.78, 5) is 0. The molecule has 0 aromatic heterocycles. The minimum Gasteiger partial charge on any atom is -0.364 e. The van der Waals surface area contributed by atoms with Gasteiger partial charge in [0, 0.05) is 0 Å². The van der Waals surface area contributed by atoms with Crippen molar-refractivity contribution in [2.75, 3.05) is 0 Å². The van der Waals surface area contributed by atoms with Gasteiger partial charge in [-0.05, 0) is 13.8 Å². The van der Waals surface area contributed by atoms with E-state index in [1.165, 1.54) is 0 Å². The molecule has 0 aliphatic heterocycles. The molecule has 0 fully saturated rings. The molecule has 1 nitrogen and oxygen atoms in total. The third-order valence-corrected chi connectivity index (χ3v) is 1.04. The Hall–Kier alpha value is -0.250. The predicted molar refractivity (Wildman–Crippen MR) is 26.6 cm³/mol. The molecule has 0 aromatic rings. The Labute approximate surface area is 51.8 Å². The minimum absolute atomic E-state index is 0.917. The van der Waals surface area contributed by atoms with Gasteiger partial charge in [0.15, 0.2) is 5.60 Å². The molecule has 9 heavy (non-hydrogen) atoms. The van der Waals surface area contributed by atoms with E-state index in [2.05, 4.69) is 11.8 Å². The van der Waals surface area contributed by atoms with E-state index < -0.39 is 11.8 Å². The van der Waals surface area contributed by atoms with Crippen molar-refractivity contribution in [3.8, 4) is 0 Å². The Morgan fingerprint density at radius 1 is 1.22 bits per heavy atom. The van der Waals surface area contributed by atoms with Crippen LogP contribution in [0.5, 0.6) is 0 Å². The van der Waals surface area contributed by atoms with Gasteiger partial charge in [0.25, 0.3) is 0 Å². The SMILES string of the molecule is [CH2]OC(C)(C)C(F)(F)F. The lowest BCUT2D eigenvalue weighted by Crippen LogP contribution is -2.40. The zero-order valence-electron chi connectivity index (χ0n) is 5.25. The van der Waals surface area contributed by atoms with Crippen LogP contribution in [-0.2, 0) is 4.74 Å². The van der Waals surface area contributed by atoms with Crippen molar-refractivity contribution in [3.63, 3.8) is 0 Å². The van der Waals surface area contributed by atoms with E-state index in [1.54, 1.807) is 0 Å².